The summed E-state index contributed by atoms with van der Waals surface area (Å²) in [7, 11) is 0. The van der Waals surface area contributed by atoms with Crippen molar-refractivity contribution in [2.75, 3.05) is 0 Å². The molecule has 0 unspecified atom stereocenters. The van der Waals surface area contributed by atoms with Crippen molar-refractivity contribution in [2.24, 2.45) is 4.99 Å². The van der Waals surface area contributed by atoms with Gasteiger partial charge in [0.2, 0.25) is 0 Å². The monoisotopic (exact) mass is 284 g/mol. The van der Waals surface area contributed by atoms with Gasteiger partial charge in [0.25, 0.3) is 0 Å². The molecular formula is C20H16N2. The molecule has 0 N–H and O–H groups in total. The zero-order chi connectivity index (χ0) is 14.9. The number of rotatable bonds is 1. The van der Waals surface area contributed by atoms with E-state index in [9.17, 15) is 0 Å². The highest BCUT2D eigenvalue weighted by atomic mass is 14.8. The predicted molar refractivity (Wildman–Crippen MR) is 92.9 cm³/mol. The molecule has 0 spiro atoms. The number of benzene rings is 2. The van der Waals surface area contributed by atoms with Crippen LogP contribution in [0, 0.1) is 6.92 Å². The van der Waals surface area contributed by atoms with Gasteiger partial charge in [0.15, 0.2) is 0 Å². The van der Waals surface area contributed by atoms with Gasteiger partial charge in [0.1, 0.15) is 0 Å². The third kappa shape index (κ3) is 2.23. The number of hydrogen-bond donors (Lipinski definition) is 0. The van der Waals surface area contributed by atoms with Gasteiger partial charge in [0, 0.05) is 17.2 Å². The standard InChI is InChI=1S/C20H16N2/c1-14-5-7-15(8-6-14)18-12-11-17-10-9-16-4-2-3-13-21-19(16)20(17)22-18/h2-3,5-13H,4H2,1H3. The van der Waals surface area contributed by atoms with Crippen molar-refractivity contribution in [2.45, 2.75) is 13.3 Å². The Kier molecular flexibility index (Phi) is 3.08. The molecule has 2 aromatic carbocycles. The predicted octanol–water partition coefficient (Wildman–Crippen LogP) is 5.02. The van der Waals surface area contributed by atoms with Crippen LogP contribution in [0.15, 0.2) is 65.7 Å². The van der Waals surface area contributed by atoms with Crippen LogP contribution in [-0.4, -0.2) is 11.2 Å². The maximum Gasteiger partial charge on any atom is 0.0968 e. The van der Waals surface area contributed by atoms with Crippen molar-refractivity contribution < 1.29 is 0 Å². The quantitative estimate of drug-likeness (QED) is 0.615. The Morgan fingerprint density at radius 1 is 0.909 bits per heavy atom. The Hall–Kier alpha value is -2.74. The van der Waals surface area contributed by atoms with E-state index < -0.39 is 0 Å². The zero-order valence-electron chi connectivity index (χ0n) is 12.5. The third-order valence-electron chi connectivity index (χ3n) is 4.03. The number of nitrogens with zero attached hydrogens (tertiary/aromatic N) is 2. The van der Waals surface area contributed by atoms with Crippen LogP contribution in [0.4, 0.5) is 5.69 Å². The molecule has 0 bridgehead atoms. The molecule has 2 heterocycles. The van der Waals surface area contributed by atoms with Crippen molar-refractivity contribution in [1.29, 1.82) is 0 Å². The first-order chi connectivity index (χ1) is 10.8. The van der Waals surface area contributed by atoms with E-state index in [1.54, 1.807) is 0 Å². The van der Waals surface area contributed by atoms with E-state index in [-0.39, 0.29) is 0 Å². The second-order valence-corrected chi connectivity index (χ2v) is 5.62. The van der Waals surface area contributed by atoms with Gasteiger partial charge in [-0.2, -0.15) is 0 Å². The average Bonchev–Trinajstić information content (AvgIpc) is 2.80. The highest BCUT2D eigenvalue weighted by Crippen LogP contribution is 2.32. The topological polar surface area (TPSA) is 25.2 Å². The van der Waals surface area contributed by atoms with Gasteiger partial charge < -0.3 is 0 Å². The van der Waals surface area contributed by atoms with E-state index >= 15 is 0 Å². The molecule has 0 fully saturated rings. The van der Waals surface area contributed by atoms with Crippen molar-refractivity contribution in [1.82, 2.24) is 4.98 Å². The maximum absolute atomic E-state index is 4.89. The minimum absolute atomic E-state index is 0.904. The van der Waals surface area contributed by atoms with Crippen molar-refractivity contribution in [3.8, 4) is 11.3 Å². The van der Waals surface area contributed by atoms with Gasteiger partial charge in [-0.05, 0) is 31.1 Å². The maximum atomic E-state index is 4.89. The number of pyridine rings is 1. The second-order valence-electron chi connectivity index (χ2n) is 5.62. The van der Waals surface area contributed by atoms with Crippen molar-refractivity contribution in [3.63, 3.8) is 0 Å². The lowest BCUT2D eigenvalue weighted by Crippen LogP contribution is -1.89. The lowest BCUT2D eigenvalue weighted by Gasteiger charge is -2.09. The van der Waals surface area contributed by atoms with E-state index in [1.165, 1.54) is 11.1 Å². The third-order valence-corrected chi connectivity index (χ3v) is 4.03. The first kappa shape index (κ1) is 13.0. The summed E-state index contributed by atoms with van der Waals surface area (Å²) < 4.78 is 0. The normalized spacial score (nSPS) is 13.1. The highest BCUT2D eigenvalue weighted by Gasteiger charge is 2.10. The molecule has 4 rings (SSSR count). The Bertz CT molecular complexity index is 903. The van der Waals surface area contributed by atoms with E-state index in [0.29, 0.717) is 0 Å². The summed E-state index contributed by atoms with van der Waals surface area (Å²) in [4.78, 5) is 9.48. The molecule has 0 atom stereocenters. The lowest BCUT2D eigenvalue weighted by molar-refractivity contribution is 1.26. The number of aliphatic imine (C=N–C) groups is 1. The van der Waals surface area contributed by atoms with Gasteiger partial charge in [-0.1, -0.05) is 54.1 Å². The first-order valence-corrected chi connectivity index (χ1v) is 7.50. The zero-order valence-corrected chi connectivity index (χ0v) is 12.5. The van der Waals surface area contributed by atoms with Crippen LogP contribution >= 0.6 is 0 Å². The smallest absolute Gasteiger partial charge is 0.0968 e. The van der Waals surface area contributed by atoms with Gasteiger partial charge in [-0.15, -0.1) is 0 Å². The summed E-state index contributed by atoms with van der Waals surface area (Å²) in [5, 5.41) is 1.13. The molecule has 1 aliphatic rings. The number of aromatic nitrogens is 1. The largest absolute Gasteiger partial charge is 0.254 e. The summed E-state index contributed by atoms with van der Waals surface area (Å²) in [6, 6.07) is 17.0. The summed E-state index contributed by atoms with van der Waals surface area (Å²) in [6.07, 6.45) is 6.88. The average molecular weight is 284 g/mol. The molecule has 0 amide bonds. The molecular weight excluding hydrogens is 268 g/mol. The molecule has 0 aliphatic carbocycles. The summed E-state index contributed by atoms with van der Waals surface area (Å²) >= 11 is 0. The van der Waals surface area contributed by atoms with Gasteiger partial charge >= 0.3 is 0 Å². The molecule has 2 nitrogen and oxygen atoms in total. The SMILES string of the molecule is Cc1ccc(-c2ccc3ccc4c(c3n2)N=CC=CC4)cc1. The molecule has 0 radical (unpaired) electrons. The fraction of sp³-hybridized carbons (Fsp3) is 0.100. The molecule has 2 heteroatoms. The summed E-state index contributed by atoms with van der Waals surface area (Å²) in [6.45, 7) is 2.10. The fourth-order valence-corrected chi connectivity index (χ4v) is 2.78. The lowest BCUT2D eigenvalue weighted by atomic mass is 10.0. The van der Waals surface area contributed by atoms with Gasteiger partial charge in [-0.25, -0.2) is 4.98 Å². The number of hydrogen-bond acceptors (Lipinski definition) is 2. The Labute approximate surface area is 129 Å². The second kappa shape index (κ2) is 5.23. The van der Waals surface area contributed by atoms with Gasteiger partial charge in [-0.3, -0.25) is 4.99 Å². The van der Waals surface area contributed by atoms with Crippen molar-refractivity contribution >= 4 is 22.8 Å². The van der Waals surface area contributed by atoms with Crippen LogP contribution in [0.5, 0.6) is 0 Å². The van der Waals surface area contributed by atoms with Gasteiger partial charge in [0.05, 0.1) is 16.9 Å². The summed E-state index contributed by atoms with van der Waals surface area (Å²) in [5.41, 5.74) is 6.60. The van der Waals surface area contributed by atoms with Crippen LogP contribution in [0.1, 0.15) is 11.1 Å². The Morgan fingerprint density at radius 3 is 2.59 bits per heavy atom. The van der Waals surface area contributed by atoms with E-state index in [1.807, 2.05) is 12.3 Å². The number of allylic oxidation sites excluding steroid dienone is 2. The van der Waals surface area contributed by atoms with E-state index in [0.717, 1.165) is 34.3 Å². The molecule has 0 saturated carbocycles. The van der Waals surface area contributed by atoms with Crippen LogP contribution in [0.3, 0.4) is 0 Å². The minimum Gasteiger partial charge on any atom is -0.254 e. The van der Waals surface area contributed by atoms with Crippen molar-refractivity contribution in [3.05, 3.63) is 71.8 Å². The number of aryl methyl sites for hydroxylation is 1. The van der Waals surface area contributed by atoms with Crippen LogP contribution < -0.4 is 0 Å². The minimum atomic E-state index is 0.904. The van der Waals surface area contributed by atoms with E-state index in [2.05, 4.69) is 66.5 Å². The number of fused-ring (bicyclic) bond motifs is 3. The highest BCUT2D eigenvalue weighted by molar-refractivity contribution is 5.95. The van der Waals surface area contributed by atoms with Crippen LogP contribution in [0.2, 0.25) is 0 Å². The molecule has 1 aliphatic heterocycles. The van der Waals surface area contributed by atoms with E-state index in [4.69, 9.17) is 4.98 Å². The molecule has 0 saturated heterocycles. The van der Waals surface area contributed by atoms with Crippen LogP contribution in [-0.2, 0) is 6.42 Å². The Morgan fingerprint density at radius 2 is 1.73 bits per heavy atom. The molecule has 1 aromatic heterocycles. The summed E-state index contributed by atoms with van der Waals surface area (Å²) in [5.74, 6) is 0. The Balaban J connectivity index is 1.93. The molecule has 106 valence electrons. The molecule has 22 heavy (non-hydrogen) atoms. The fourth-order valence-electron chi connectivity index (χ4n) is 2.78. The molecule has 3 aromatic rings. The first-order valence-electron chi connectivity index (χ1n) is 7.50. The van der Waals surface area contributed by atoms with Crippen LogP contribution in [0.25, 0.3) is 22.2 Å².